The van der Waals surface area contributed by atoms with Crippen molar-refractivity contribution in [2.24, 2.45) is 0 Å². The quantitative estimate of drug-likeness (QED) is 0.241. The van der Waals surface area contributed by atoms with Gasteiger partial charge in [0.25, 0.3) is 5.91 Å². The monoisotopic (exact) mass is 540 g/mol. The lowest BCUT2D eigenvalue weighted by atomic mass is 10.1. The molecule has 200 valence electrons. The van der Waals surface area contributed by atoms with Gasteiger partial charge in [0.1, 0.15) is 11.6 Å². The van der Waals surface area contributed by atoms with E-state index in [4.69, 9.17) is 9.72 Å². The van der Waals surface area contributed by atoms with Crippen molar-refractivity contribution in [3.05, 3.63) is 102 Å². The van der Waals surface area contributed by atoms with Crippen molar-refractivity contribution < 1.29 is 9.53 Å². The van der Waals surface area contributed by atoms with E-state index in [0.717, 1.165) is 59.7 Å². The molecule has 2 aromatic carbocycles. The summed E-state index contributed by atoms with van der Waals surface area (Å²) < 4.78 is 5.28. The zero-order chi connectivity index (χ0) is 27.0. The second-order valence-corrected chi connectivity index (χ2v) is 10.3. The number of pyridine rings is 1. The van der Waals surface area contributed by atoms with Crippen molar-refractivity contribution >= 4 is 29.2 Å². The van der Waals surface area contributed by atoms with E-state index in [2.05, 4.69) is 43.3 Å². The number of aromatic nitrogens is 3. The Labute approximate surface area is 233 Å². The highest BCUT2D eigenvalue weighted by atomic mass is 32.2. The minimum atomic E-state index is -0.103. The highest BCUT2D eigenvalue weighted by molar-refractivity contribution is 7.98. The number of aryl methyl sites for hydroxylation is 1. The van der Waals surface area contributed by atoms with Crippen LogP contribution in [0.4, 0.5) is 11.5 Å². The SMILES string of the molecule is COc1ccc(N2CCN(c3cc(C)nc(SCc4cccc(C(=O)NCc5cccnc5)c4)n3)CC2)cc1. The summed E-state index contributed by atoms with van der Waals surface area (Å²) in [7, 11) is 1.69. The molecule has 8 nitrogen and oxygen atoms in total. The predicted octanol–water partition coefficient (Wildman–Crippen LogP) is 4.74. The number of hydrogen-bond donors (Lipinski definition) is 1. The molecule has 0 radical (unpaired) electrons. The first-order chi connectivity index (χ1) is 19.1. The Morgan fingerprint density at radius 2 is 1.72 bits per heavy atom. The maximum atomic E-state index is 12.7. The van der Waals surface area contributed by atoms with Crippen molar-refractivity contribution in [3.63, 3.8) is 0 Å². The molecular weight excluding hydrogens is 508 g/mol. The Bertz CT molecular complexity index is 1390. The third kappa shape index (κ3) is 7.06. The molecule has 1 N–H and O–H groups in total. The first kappa shape index (κ1) is 26.5. The molecule has 4 aromatic rings. The fourth-order valence-corrected chi connectivity index (χ4v) is 5.32. The molecule has 9 heteroatoms. The number of rotatable bonds is 9. The first-order valence-corrected chi connectivity index (χ1v) is 13.9. The number of carbonyl (C=O) groups is 1. The second-order valence-electron chi connectivity index (χ2n) is 9.36. The zero-order valence-electron chi connectivity index (χ0n) is 22.2. The number of nitrogens with one attached hydrogen (secondary N) is 1. The van der Waals surface area contributed by atoms with Gasteiger partial charge in [-0.2, -0.15) is 0 Å². The summed E-state index contributed by atoms with van der Waals surface area (Å²) in [5.74, 6) is 2.41. The summed E-state index contributed by atoms with van der Waals surface area (Å²) >= 11 is 1.59. The van der Waals surface area contributed by atoms with Crippen LogP contribution in [0.1, 0.15) is 27.2 Å². The molecule has 39 heavy (non-hydrogen) atoms. The van der Waals surface area contributed by atoms with Gasteiger partial charge in [0.05, 0.1) is 7.11 Å². The van der Waals surface area contributed by atoms with E-state index in [1.807, 2.05) is 55.5 Å². The van der Waals surface area contributed by atoms with Gasteiger partial charge in [-0.25, -0.2) is 9.97 Å². The van der Waals surface area contributed by atoms with Crippen LogP contribution in [0.25, 0.3) is 0 Å². The molecule has 0 aliphatic carbocycles. The van der Waals surface area contributed by atoms with Crippen molar-refractivity contribution in [3.8, 4) is 5.75 Å². The van der Waals surface area contributed by atoms with E-state index in [1.54, 1.807) is 31.3 Å². The van der Waals surface area contributed by atoms with Crippen LogP contribution < -0.4 is 19.9 Å². The molecule has 1 fully saturated rings. The van der Waals surface area contributed by atoms with Crippen LogP contribution in [0.2, 0.25) is 0 Å². The summed E-state index contributed by atoms with van der Waals surface area (Å²) in [6.07, 6.45) is 3.47. The number of amides is 1. The average Bonchev–Trinajstić information content (AvgIpc) is 2.99. The van der Waals surface area contributed by atoms with E-state index >= 15 is 0 Å². The fourth-order valence-electron chi connectivity index (χ4n) is 4.48. The average molecular weight is 541 g/mol. The molecule has 3 heterocycles. The summed E-state index contributed by atoms with van der Waals surface area (Å²) in [6, 6.07) is 21.8. The largest absolute Gasteiger partial charge is 0.497 e. The van der Waals surface area contributed by atoms with Crippen molar-refractivity contribution in [2.45, 2.75) is 24.4 Å². The number of carbonyl (C=O) groups excluding carboxylic acids is 1. The first-order valence-electron chi connectivity index (χ1n) is 13.0. The standard InChI is InChI=1S/C30H32N6O2S/c1-22-17-28(36-15-13-35(14-16-36)26-8-10-27(38-2)11-9-26)34-30(33-22)39-21-23-5-3-7-25(18-23)29(37)32-20-24-6-4-12-31-19-24/h3-12,17-19H,13-16,20-21H2,1-2H3,(H,32,37). The molecule has 1 aliphatic rings. The number of nitrogens with zero attached hydrogens (tertiary/aromatic N) is 5. The normalized spacial score (nSPS) is 13.3. The highest BCUT2D eigenvalue weighted by Crippen LogP contribution is 2.25. The predicted molar refractivity (Wildman–Crippen MR) is 156 cm³/mol. The van der Waals surface area contributed by atoms with Crippen molar-refractivity contribution in [1.29, 1.82) is 0 Å². The molecule has 1 amide bonds. The van der Waals surface area contributed by atoms with Crippen LogP contribution in [0.5, 0.6) is 5.75 Å². The van der Waals surface area contributed by atoms with E-state index < -0.39 is 0 Å². The maximum absolute atomic E-state index is 12.7. The molecule has 1 aliphatic heterocycles. The number of methoxy groups -OCH3 is 1. The summed E-state index contributed by atoms with van der Waals surface area (Å²) in [4.78, 5) is 31.0. The topological polar surface area (TPSA) is 83.5 Å². The lowest BCUT2D eigenvalue weighted by molar-refractivity contribution is 0.0951. The number of piperazine rings is 1. The van der Waals surface area contributed by atoms with Crippen molar-refractivity contribution in [1.82, 2.24) is 20.3 Å². The van der Waals surface area contributed by atoms with E-state index in [-0.39, 0.29) is 5.91 Å². The van der Waals surface area contributed by atoms with Crippen LogP contribution in [0.15, 0.2) is 84.3 Å². The van der Waals surface area contributed by atoms with Crippen LogP contribution >= 0.6 is 11.8 Å². The Kier molecular flexibility index (Phi) is 8.58. The smallest absolute Gasteiger partial charge is 0.251 e. The minimum Gasteiger partial charge on any atom is -0.497 e. The number of thioether (sulfide) groups is 1. The van der Waals surface area contributed by atoms with Crippen LogP contribution in [0, 0.1) is 6.92 Å². The van der Waals surface area contributed by atoms with Gasteiger partial charge in [-0.15, -0.1) is 0 Å². The summed E-state index contributed by atoms with van der Waals surface area (Å²) in [5.41, 5.74) is 4.81. The molecule has 0 bridgehead atoms. The molecule has 5 rings (SSSR count). The van der Waals surface area contributed by atoms with Gasteiger partial charge >= 0.3 is 0 Å². The number of hydrogen-bond acceptors (Lipinski definition) is 8. The second kappa shape index (κ2) is 12.6. The van der Waals surface area contributed by atoms with Gasteiger partial charge in [-0.3, -0.25) is 9.78 Å². The summed E-state index contributed by atoms with van der Waals surface area (Å²) in [5, 5.41) is 3.71. The van der Waals surface area contributed by atoms with Crippen LogP contribution in [0.3, 0.4) is 0 Å². The molecule has 0 saturated carbocycles. The van der Waals surface area contributed by atoms with Crippen LogP contribution in [-0.4, -0.2) is 54.1 Å². The third-order valence-corrected chi connectivity index (χ3v) is 7.51. The third-order valence-electron chi connectivity index (χ3n) is 6.59. The lowest BCUT2D eigenvalue weighted by Gasteiger charge is -2.36. The van der Waals surface area contributed by atoms with Crippen LogP contribution in [-0.2, 0) is 12.3 Å². The number of benzene rings is 2. The van der Waals surface area contributed by atoms with Gasteiger partial charge in [-0.1, -0.05) is 30.0 Å². The molecule has 1 saturated heterocycles. The van der Waals surface area contributed by atoms with Gasteiger partial charge in [0, 0.05) is 73.9 Å². The lowest BCUT2D eigenvalue weighted by Crippen LogP contribution is -2.46. The zero-order valence-corrected chi connectivity index (χ0v) is 23.0. The van der Waals surface area contributed by atoms with E-state index in [0.29, 0.717) is 17.9 Å². The van der Waals surface area contributed by atoms with E-state index in [1.165, 1.54) is 5.69 Å². The highest BCUT2D eigenvalue weighted by Gasteiger charge is 2.19. The van der Waals surface area contributed by atoms with Crippen molar-refractivity contribution in [2.75, 3.05) is 43.1 Å². The Morgan fingerprint density at radius 1 is 0.949 bits per heavy atom. The van der Waals surface area contributed by atoms with Gasteiger partial charge in [-0.05, 0) is 60.5 Å². The fraction of sp³-hybridized carbons (Fsp3) is 0.267. The number of ether oxygens (including phenoxy) is 1. The van der Waals surface area contributed by atoms with Gasteiger partial charge in [0.15, 0.2) is 5.16 Å². The molecular formula is C30H32N6O2S. The maximum Gasteiger partial charge on any atom is 0.251 e. The van der Waals surface area contributed by atoms with E-state index in [9.17, 15) is 4.79 Å². The van der Waals surface area contributed by atoms with Gasteiger partial charge in [0.2, 0.25) is 0 Å². The Morgan fingerprint density at radius 3 is 2.46 bits per heavy atom. The summed E-state index contributed by atoms with van der Waals surface area (Å²) in [6.45, 7) is 6.09. The molecule has 0 spiro atoms. The molecule has 0 atom stereocenters. The minimum absolute atomic E-state index is 0.103. The Hall–Kier alpha value is -4.11. The molecule has 0 unspecified atom stereocenters. The molecule has 2 aromatic heterocycles. The number of anilines is 2. The Balaban J connectivity index is 1.17. The van der Waals surface area contributed by atoms with Gasteiger partial charge < -0.3 is 19.9 Å².